The van der Waals surface area contributed by atoms with Crippen LogP contribution < -0.4 is 10.6 Å². The fourth-order valence-corrected chi connectivity index (χ4v) is 2.40. The zero-order valence-corrected chi connectivity index (χ0v) is 11.9. The van der Waals surface area contributed by atoms with E-state index in [-0.39, 0.29) is 11.6 Å². The lowest BCUT2D eigenvalue weighted by Gasteiger charge is -2.37. The number of carbonyl (C=O) groups is 1. The lowest BCUT2D eigenvalue weighted by atomic mass is 9.87. The van der Waals surface area contributed by atoms with Gasteiger partial charge in [-0.05, 0) is 19.3 Å². The number of urea groups is 1. The Morgan fingerprint density at radius 3 is 2.86 bits per heavy atom. The molecule has 1 aromatic rings. The first-order valence-electron chi connectivity index (χ1n) is 7.00. The first-order valence-corrected chi connectivity index (χ1v) is 7.00. The summed E-state index contributed by atoms with van der Waals surface area (Å²) in [7, 11) is 0. The molecule has 21 heavy (non-hydrogen) atoms. The molecule has 0 aliphatic carbocycles. The molecule has 1 aromatic heterocycles. The topological polar surface area (TPSA) is 68.2 Å². The maximum atomic E-state index is 12.2. The monoisotopic (exact) mass is 302 g/mol. The standard InChI is InChI=1S/C13H20F2N4O2/c1-2-13(3-5-21-6-4-13)18-12(20)17-10-7-16-19(8-10)9-11(14)15/h7-8,11H,2-6,9H2,1H3,(H2,17,18,20). The van der Waals surface area contributed by atoms with Gasteiger partial charge in [-0.25, -0.2) is 13.6 Å². The first-order chi connectivity index (χ1) is 10.0. The molecular formula is C13H20F2N4O2. The highest BCUT2D eigenvalue weighted by Crippen LogP contribution is 2.24. The summed E-state index contributed by atoms with van der Waals surface area (Å²) >= 11 is 0. The number of alkyl halides is 2. The third kappa shape index (κ3) is 4.38. The average molecular weight is 302 g/mol. The van der Waals surface area contributed by atoms with Crippen LogP contribution in [0.2, 0.25) is 0 Å². The van der Waals surface area contributed by atoms with Gasteiger partial charge < -0.3 is 15.4 Å². The van der Waals surface area contributed by atoms with Gasteiger partial charge in [0.05, 0.1) is 11.9 Å². The Hall–Kier alpha value is -1.70. The summed E-state index contributed by atoms with van der Waals surface area (Å²) in [5.41, 5.74) is 0.132. The molecule has 2 N–H and O–H groups in total. The Labute approximate surface area is 121 Å². The molecule has 118 valence electrons. The van der Waals surface area contributed by atoms with E-state index in [1.807, 2.05) is 6.92 Å². The molecule has 0 bridgehead atoms. The number of rotatable bonds is 5. The third-order valence-corrected chi connectivity index (χ3v) is 3.72. The summed E-state index contributed by atoms with van der Waals surface area (Å²) in [5.74, 6) is 0. The maximum Gasteiger partial charge on any atom is 0.319 e. The first kappa shape index (κ1) is 15.7. The number of hydrogen-bond acceptors (Lipinski definition) is 3. The summed E-state index contributed by atoms with van der Waals surface area (Å²) in [6.45, 7) is 2.78. The number of ether oxygens (including phenoxy) is 1. The van der Waals surface area contributed by atoms with E-state index in [0.29, 0.717) is 18.9 Å². The highest BCUT2D eigenvalue weighted by Gasteiger charge is 2.32. The van der Waals surface area contributed by atoms with Crippen molar-refractivity contribution in [3.8, 4) is 0 Å². The molecule has 0 aromatic carbocycles. The summed E-state index contributed by atoms with van der Waals surface area (Å²) in [5, 5.41) is 9.36. The van der Waals surface area contributed by atoms with Crippen LogP contribution in [-0.4, -0.2) is 41.0 Å². The molecule has 1 aliphatic rings. The Morgan fingerprint density at radius 2 is 2.24 bits per heavy atom. The number of carbonyl (C=O) groups excluding carboxylic acids is 1. The van der Waals surface area contributed by atoms with Gasteiger partial charge >= 0.3 is 6.03 Å². The van der Waals surface area contributed by atoms with Gasteiger partial charge in [0.15, 0.2) is 0 Å². The zero-order chi connectivity index (χ0) is 15.3. The zero-order valence-electron chi connectivity index (χ0n) is 11.9. The Balaban J connectivity index is 1.90. The normalized spacial score (nSPS) is 17.7. The number of anilines is 1. The van der Waals surface area contributed by atoms with Gasteiger partial charge in [0, 0.05) is 24.9 Å². The minimum absolute atomic E-state index is 0.263. The van der Waals surface area contributed by atoms with Crippen LogP contribution in [0.5, 0.6) is 0 Å². The van der Waals surface area contributed by atoms with Crippen LogP contribution in [0.25, 0.3) is 0 Å². The van der Waals surface area contributed by atoms with E-state index in [9.17, 15) is 13.6 Å². The second-order valence-electron chi connectivity index (χ2n) is 5.17. The molecule has 2 amide bonds. The van der Waals surface area contributed by atoms with Crippen molar-refractivity contribution in [2.24, 2.45) is 0 Å². The molecule has 1 aliphatic heterocycles. The average Bonchev–Trinajstić information content (AvgIpc) is 2.85. The number of aromatic nitrogens is 2. The highest BCUT2D eigenvalue weighted by atomic mass is 19.3. The van der Waals surface area contributed by atoms with Crippen molar-refractivity contribution in [1.82, 2.24) is 15.1 Å². The van der Waals surface area contributed by atoms with Gasteiger partial charge in [-0.1, -0.05) is 6.92 Å². The van der Waals surface area contributed by atoms with E-state index >= 15 is 0 Å². The summed E-state index contributed by atoms with van der Waals surface area (Å²) in [4.78, 5) is 12.0. The molecule has 1 fully saturated rings. The minimum atomic E-state index is -2.47. The number of nitrogens with zero attached hydrogens (tertiary/aromatic N) is 2. The van der Waals surface area contributed by atoms with Crippen molar-refractivity contribution in [2.45, 2.75) is 44.7 Å². The minimum Gasteiger partial charge on any atom is -0.381 e. The third-order valence-electron chi connectivity index (χ3n) is 3.72. The smallest absolute Gasteiger partial charge is 0.319 e. The van der Waals surface area contributed by atoms with Crippen LogP contribution in [0.4, 0.5) is 19.3 Å². The largest absolute Gasteiger partial charge is 0.381 e. The van der Waals surface area contributed by atoms with Crippen molar-refractivity contribution in [3.05, 3.63) is 12.4 Å². The summed E-state index contributed by atoms with van der Waals surface area (Å²) in [6.07, 6.45) is 2.60. The van der Waals surface area contributed by atoms with E-state index in [2.05, 4.69) is 15.7 Å². The van der Waals surface area contributed by atoms with Crippen LogP contribution in [0.15, 0.2) is 12.4 Å². The second-order valence-corrected chi connectivity index (χ2v) is 5.17. The molecule has 2 rings (SSSR count). The quantitative estimate of drug-likeness (QED) is 0.876. The SMILES string of the molecule is CCC1(NC(=O)Nc2cnn(CC(F)F)c2)CCOCC1. The molecule has 6 nitrogen and oxygen atoms in total. The summed E-state index contributed by atoms with van der Waals surface area (Å²) < 4.78 is 30.9. The van der Waals surface area contributed by atoms with E-state index in [1.54, 1.807) is 0 Å². The summed E-state index contributed by atoms with van der Waals surface area (Å²) in [6, 6.07) is -0.352. The predicted octanol–water partition coefficient (Wildman–Crippen LogP) is 2.23. The molecule has 0 atom stereocenters. The molecule has 0 unspecified atom stereocenters. The van der Waals surface area contributed by atoms with E-state index in [1.165, 1.54) is 12.4 Å². The number of amides is 2. The van der Waals surface area contributed by atoms with Crippen LogP contribution in [0, 0.1) is 0 Å². The van der Waals surface area contributed by atoms with Crippen molar-refractivity contribution in [2.75, 3.05) is 18.5 Å². The molecule has 1 saturated heterocycles. The molecule has 0 spiro atoms. The van der Waals surface area contributed by atoms with Crippen molar-refractivity contribution in [1.29, 1.82) is 0 Å². The van der Waals surface area contributed by atoms with E-state index in [4.69, 9.17) is 4.74 Å². The Bertz CT molecular complexity index is 472. The van der Waals surface area contributed by atoms with E-state index < -0.39 is 13.0 Å². The van der Waals surface area contributed by atoms with Gasteiger partial charge in [-0.15, -0.1) is 0 Å². The van der Waals surface area contributed by atoms with Crippen molar-refractivity contribution < 1.29 is 18.3 Å². The second kappa shape index (κ2) is 6.84. The van der Waals surface area contributed by atoms with E-state index in [0.717, 1.165) is 23.9 Å². The number of halogens is 2. The Morgan fingerprint density at radius 1 is 1.52 bits per heavy atom. The van der Waals surface area contributed by atoms with Gasteiger partial charge in [-0.3, -0.25) is 4.68 Å². The van der Waals surface area contributed by atoms with Crippen molar-refractivity contribution in [3.63, 3.8) is 0 Å². The lowest BCUT2D eigenvalue weighted by molar-refractivity contribution is 0.0416. The lowest BCUT2D eigenvalue weighted by Crippen LogP contribution is -2.52. The maximum absolute atomic E-state index is 12.2. The van der Waals surface area contributed by atoms with Gasteiger partial charge in [0.25, 0.3) is 6.43 Å². The van der Waals surface area contributed by atoms with Gasteiger partial charge in [0.2, 0.25) is 0 Å². The van der Waals surface area contributed by atoms with Crippen molar-refractivity contribution >= 4 is 11.7 Å². The molecule has 8 heteroatoms. The Kier molecular flexibility index (Phi) is 5.11. The number of nitrogens with one attached hydrogen (secondary N) is 2. The molecule has 0 radical (unpaired) electrons. The highest BCUT2D eigenvalue weighted by molar-refractivity contribution is 5.89. The molecule has 2 heterocycles. The fraction of sp³-hybridized carbons (Fsp3) is 0.692. The molecule has 0 saturated carbocycles. The van der Waals surface area contributed by atoms with Gasteiger partial charge in [0.1, 0.15) is 6.54 Å². The fourth-order valence-electron chi connectivity index (χ4n) is 2.40. The van der Waals surface area contributed by atoms with Crippen LogP contribution in [0.3, 0.4) is 0 Å². The predicted molar refractivity (Wildman–Crippen MR) is 73.5 cm³/mol. The van der Waals surface area contributed by atoms with Gasteiger partial charge in [-0.2, -0.15) is 5.10 Å². The van der Waals surface area contributed by atoms with Crippen LogP contribution >= 0.6 is 0 Å². The van der Waals surface area contributed by atoms with Crippen LogP contribution in [0.1, 0.15) is 26.2 Å². The molecular weight excluding hydrogens is 282 g/mol. The van der Waals surface area contributed by atoms with Crippen LogP contribution in [-0.2, 0) is 11.3 Å². The number of hydrogen-bond donors (Lipinski definition) is 2.